The van der Waals surface area contributed by atoms with Crippen LogP contribution in [0.15, 0.2) is 0 Å². The Morgan fingerprint density at radius 1 is 1.33 bits per heavy atom. The molecule has 2 unspecified atom stereocenters. The van der Waals surface area contributed by atoms with Crippen molar-refractivity contribution in [3.8, 4) is 0 Å². The molecule has 2 atom stereocenters. The molecule has 0 aromatic rings. The van der Waals surface area contributed by atoms with Crippen molar-refractivity contribution in [2.24, 2.45) is 11.8 Å². The summed E-state index contributed by atoms with van der Waals surface area (Å²) in [5.74, 6) is 1.89. The van der Waals surface area contributed by atoms with Gasteiger partial charge in [-0.3, -0.25) is 0 Å². The average molecular weight is 169 g/mol. The smallest absolute Gasteiger partial charge is 0.00642 e. The summed E-state index contributed by atoms with van der Waals surface area (Å²) in [6.45, 7) is 8.13. The van der Waals surface area contributed by atoms with E-state index in [1.807, 2.05) is 0 Å². The van der Waals surface area contributed by atoms with Gasteiger partial charge in [0, 0.05) is 6.04 Å². The highest BCUT2D eigenvalue weighted by molar-refractivity contribution is 4.75. The van der Waals surface area contributed by atoms with Crippen LogP contribution in [0, 0.1) is 11.8 Å². The molecular weight excluding hydrogens is 146 g/mol. The largest absolute Gasteiger partial charge is 0.314 e. The monoisotopic (exact) mass is 169 g/mol. The third-order valence-electron chi connectivity index (χ3n) is 3.21. The van der Waals surface area contributed by atoms with Gasteiger partial charge in [-0.25, -0.2) is 0 Å². The van der Waals surface area contributed by atoms with E-state index in [-0.39, 0.29) is 0 Å². The zero-order valence-corrected chi connectivity index (χ0v) is 8.77. The van der Waals surface area contributed by atoms with Crippen LogP contribution in [0.4, 0.5) is 0 Å². The van der Waals surface area contributed by atoms with Crippen LogP contribution in [-0.2, 0) is 0 Å². The van der Waals surface area contributed by atoms with Gasteiger partial charge >= 0.3 is 0 Å². The molecule has 0 aromatic carbocycles. The molecule has 0 heterocycles. The third-order valence-corrected chi connectivity index (χ3v) is 3.21. The van der Waals surface area contributed by atoms with Gasteiger partial charge in [0.25, 0.3) is 0 Å². The van der Waals surface area contributed by atoms with Crippen LogP contribution in [0.1, 0.15) is 46.5 Å². The summed E-state index contributed by atoms with van der Waals surface area (Å²) < 4.78 is 0. The average Bonchev–Trinajstić information content (AvgIpc) is 2.86. The van der Waals surface area contributed by atoms with Crippen molar-refractivity contribution >= 4 is 0 Å². The Balaban J connectivity index is 1.96. The Labute approximate surface area is 76.9 Å². The molecule has 0 amide bonds. The second kappa shape index (κ2) is 4.86. The molecule has 12 heavy (non-hydrogen) atoms. The van der Waals surface area contributed by atoms with Crippen molar-refractivity contribution in [1.82, 2.24) is 5.32 Å². The van der Waals surface area contributed by atoms with E-state index in [0.717, 1.165) is 11.8 Å². The molecule has 1 fully saturated rings. The molecule has 1 rings (SSSR count). The van der Waals surface area contributed by atoms with Gasteiger partial charge in [0.05, 0.1) is 0 Å². The summed E-state index contributed by atoms with van der Waals surface area (Å²) in [6.07, 6.45) is 5.66. The van der Waals surface area contributed by atoms with Gasteiger partial charge in [-0.1, -0.05) is 33.1 Å². The first-order valence-corrected chi connectivity index (χ1v) is 5.47. The second-order valence-electron chi connectivity index (χ2n) is 4.36. The highest BCUT2D eigenvalue weighted by atomic mass is 14.9. The van der Waals surface area contributed by atoms with Crippen molar-refractivity contribution < 1.29 is 0 Å². The molecule has 1 nitrogen and oxygen atoms in total. The lowest BCUT2D eigenvalue weighted by atomic mass is 10.0. The molecule has 0 spiro atoms. The summed E-state index contributed by atoms with van der Waals surface area (Å²) in [6, 6.07) is 0.703. The molecule has 1 aliphatic rings. The number of rotatable bonds is 6. The molecule has 0 radical (unpaired) electrons. The molecule has 0 bridgehead atoms. The predicted octanol–water partition coefficient (Wildman–Crippen LogP) is 2.81. The van der Waals surface area contributed by atoms with E-state index >= 15 is 0 Å². The maximum absolute atomic E-state index is 3.60. The molecule has 72 valence electrons. The first-order valence-electron chi connectivity index (χ1n) is 5.47. The Bertz CT molecular complexity index is 118. The minimum Gasteiger partial charge on any atom is -0.314 e. The van der Waals surface area contributed by atoms with Crippen LogP contribution >= 0.6 is 0 Å². The summed E-state index contributed by atoms with van der Waals surface area (Å²) in [5, 5.41) is 3.60. The van der Waals surface area contributed by atoms with E-state index in [4.69, 9.17) is 0 Å². The first kappa shape index (κ1) is 10.0. The highest BCUT2D eigenvalue weighted by Crippen LogP contribution is 2.31. The van der Waals surface area contributed by atoms with E-state index in [1.165, 1.54) is 32.2 Å². The summed E-state index contributed by atoms with van der Waals surface area (Å²) >= 11 is 0. The van der Waals surface area contributed by atoms with Crippen molar-refractivity contribution in [2.75, 3.05) is 6.54 Å². The van der Waals surface area contributed by atoms with E-state index in [9.17, 15) is 0 Å². The number of hydrogen-bond acceptors (Lipinski definition) is 1. The normalized spacial score (nSPS) is 22.2. The molecular formula is C11H23N. The minimum atomic E-state index is 0.703. The van der Waals surface area contributed by atoms with Crippen LogP contribution in [0.2, 0.25) is 0 Å². The number of nitrogens with one attached hydrogen (secondary N) is 1. The number of hydrogen-bond donors (Lipinski definition) is 1. The lowest BCUT2D eigenvalue weighted by Gasteiger charge is -2.19. The molecule has 1 heteroatoms. The molecule has 1 N–H and O–H groups in total. The Morgan fingerprint density at radius 3 is 2.50 bits per heavy atom. The minimum absolute atomic E-state index is 0.703. The lowest BCUT2D eigenvalue weighted by molar-refractivity contribution is 0.385. The second-order valence-corrected chi connectivity index (χ2v) is 4.36. The maximum Gasteiger partial charge on any atom is 0.00642 e. The molecule has 1 saturated carbocycles. The maximum atomic E-state index is 3.60. The van der Waals surface area contributed by atoms with Crippen LogP contribution in [0.3, 0.4) is 0 Å². The Hall–Kier alpha value is -0.0400. The molecule has 0 saturated heterocycles. The first-order chi connectivity index (χ1) is 5.74. The van der Waals surface area contributed by atoms with Crippen LogP contribution in [0.25, 0.3) is 0 Å². The van der Waals surface area contributed by atoms with Crippen LogP contribution < -0.4 is 5.32 Å². The van der Waals surface area contributed by atoms with Crippen LogP contribution in [0.5, 0.6) is 0 Å². The van der Waals surface area contributed by atoms with E-state index in [0.29, 0.717) is 6.04 Å². The van der Waals surface area contributed by atoms with Crippen molar-refractivity contribution in [2.45, 2.75) is 52.5 Å². The lowest BCUT2D eigenvalue weighted by Crippen LogP contribution is -2.32. The summed E-state index contributed by atoms with van der Waals surface area (Å²) in [7, 11) is 0. The van der Waals surface area contributed by atoms with Gasteiger partial charge in [0.1, 0.15) is 0 Å². The van der Waals surface area contributed by atoms with E-state index < -0.39 is 0 Å². The van der Waals surface area contributed by atoms with E-state index in [2.05, 4.69) is 26.1 Å². The Kier molecular flexibility index (Phi) is 4.07. The zero-order valence-electron chi connectivity index (χ0n) is 8.77. The van der Waals surface area contributed by atoms with Gasteiger partial charge in [0.2, 0.25) is 0 Å². The Morgan fingerprint density at radius 2 is 2.00 bits per heavy atom. The third kappa shape index (κ3) is 3.57. The molecule has 0 aliphatic heterocycles. The topological polar surface area (TPSA) is 12.0 Å². The fraction of sp³-hybridized carbons (Fsp3) is 1.00. The van der Waals surface area contributed by atoms with Crippen molar-refractivity contribution in [3.63, 3.8) is 0 Å². The highest BCUT2D eigenvalue weighted by Gasteiger charge is 2.20. The van der Waals surface area contributed by atoms with Crippen LogP contribution in [-0.4, -0.2) is 12.6 Å². The predicted molar refractivity (Wildman–Crippen MR) is 54.3 cm³/mol. The van der Waals surface area contributed by atoms with Gasteiger partial charge in [-0.15, -0.1) is 0 Å². The van der Waals surface area contributed by atoms with Gasteiger partial charge < -0.3 is 5.32 Å². The SMILES string of the molecule is CCC(C)C(C)NCCC1CC1. The van der Waals surface area contributed by atoms with Gasteiger partial charge in [-0.05, 0) is 31.7 Å². The van der Waals surface area contributed by atoms with Gasteiger partial charge in [0.15, 0.2) is 0 Å². The molecule has 1 aliphatic carbocycles. The van der Waals surface area contributed by atoms with Gasteiger partial charge in [-0.2, -0.15) is 0 Å². The fourth-order valence-electron chi connectivity index (χ4n) is 1.48. The summed E-state index contributed by atoms with van der Waals surface area (Å²) in [4.78, 5) is 0. The zero-order chi connectivity index (χ0) is 8.97. The van der Waals surface area contributed by atoms with Crippen molar-refractivity contribution in [3.05, 3.63) is 0 Å². The molecule has 0 aromatic heterocycles. The van der Waals surface area contributed by atoms with Crippen molar-refractivity contribution in [1.29, 1.82) is 0 Å². The standard InChI is InChI=1S/C11H23N/c1-4-9(2)10(3)12-8-7-11-5-6-11/h9-12H,4-8H2,1-3H3. The van der Waals surface area contributed by atoms with E-state index in [1.54, 1.807) is 0 Å². The summed E-state index contributed by atoms with van der Waals surface area (Å²) in [5.41, 5.74) is 0. The fourth-order valence-corrected chi connectivity index (χ4v) is 1.48. The quantitative estimate of drug-likeness (QED) is 0.644.